The minimum absolute atomic E-state index is 0.0288. The zero-order valence-corrected chi connectivity index (χ0v) is 17.3. The Hall–Kier alpha value is -2.34. The van der Waals surface area contributed by atoms with Gasteiger partial charge in [-0.05, 0) is 42.5 Å². The van der Waals surface area contributed by atoms with Gasteiger partial charge in [0.25, 0.3) is 5.91 Å². The van der Waals surface area contributed by atoms with Gasteiger partial charge in [-0.15, -0.1) is 10.2 Å². The largest absolute Gasteiger partial charge is 0.505 e. The Morgan fingerprint density at radius 1 is 1.36 bits per heavy atom. The van der Waals surface area contributed by atoms with Crippen LogP contribution in [0.4, 0.5) is 10.3 Å². The average Bonchev–Trinajstić information content (AvgIpc) is 3.13. The first-order valence-electron chi connectivity index (χ1n) is 8.57. The maximum atomic E-state index is 12.4. The molecule has 2 N–H and O–H groups in total. The number of amides is 1. The van der Waals surface area contributed by atoms with E-state index in [-0.39, 0.29) is 21.4 Å². The van der Waals surface area contributed by atoms with Gasteiger partial charge in [-0.3, -0.25) is 10.1 Å². The number of nitriles is 1. The maximum Gasteiger partial charge on any atom is 0.268 e. The summed E-state index contributed by atoms with van der Waals surface area (Å²) in [5, 5.41) is 30.8. The lowest BCUT2D eigenvalue weighted by atomic mass is 10.00. The summed E-state index contributed by atoms with van der Waals surface area (Å²) in [4.78, 5) is 14.6. The predicted octanol–water partition coefficient (Wildman–Crippen LogP) is 4.33. The number of phenols is 1. The zero-order valence-electron chi connectivity index (χ0n) is 14.9. The van der Waals surface area contributed by atoms with Gasteiger partial charge >= 0.3 is 0 Å². The Morgan fingerprint density at radius 3 is 2.61 bits per heavy atom. The van der Waals surface area contributed by atoms with Crippen molar-refractivity contribution in [1.82, 2.24) is 10.2 Å². The van der Waals surface area contributed by atoms with Gasteiger partial charge in [-0.1, -0.05) is 41.5 Å². The molecular formula is C18H17Cl2N5O2S. The number of nitrogens with zero attached hydrogens (tertiary/aromatic N) is 4. The Bertz CT molecular complexity index is 938. The van der Waals surface area contributed by atoms with E-state index in [1.54, 1.807) is 0 Å². The molecule has 10 heteroatoms. The average molecular weight is 438 g/mol. The Balaban J connectivity index is 1.72. The predicted molar refractivity (Wildman–Crippen MR) is 111 cm³/mol. The number of rotatable bonds is 4. The van der Waals surface area contributed by atoms with E-state index >= 15 is 0 Å². The van der Waals surface area contributed by atoms with Crippen LogP contribution in [0.3, 0.4) is 0 Å². The molecule has 0 spiro atoms. The highest BCUT2D eigenvalue weighted by atomic mass is 35.5. The second-order valence-electron chi connectivity index (χ2n) is 6.52. The molecule has 1 amide bonds. The van der Waals surface area contributed by atoms with Crippen LogP contribution in [0.15, 0.2) is 17.7 Å². The normalized spacial score (nSPS) is 15.4. The number of benzene rings is 1. The molecule has 3 rings (SSSR count). The first-order chi connectivity index (χ1) is 13.4. The molecule has 0 bridgehead atoms. The zero-order chi connectivity index (χ0) is 20.3. The minimum Gasteiger partial charge on any atom is -0.505 e. The van der Waals surface area contributed by atoms with Crippen LogP contribution < -0.4 is 10.2 Å². The minimum atomic E-state index is -0.613. The number of carbonyl (C=O) groups excluding carboxylic acids is 1. The SMILES string of the molecule is CC1CCN(c2nnc(NC(=O)/C(C#N)=C\c3cc(Cl)c(O)c(Cl)c3)s2)CC1. The second kappa shape index (κ2) is 8.78. The van der Waals surface area contributed by atoms with E-state index in [0.717, 1.165) is 31.1 Å². The van der Waals surface area contributed by atoms with Gasteiger partial charge in [0.2, 0.25) is 10.3 Å². The molecule has 0 saturated carbocycles. The number of halogens is 2. The fourth-order valence-electron chi connectivity index (χ4n) is 2.74. The van der Waals surface area contributed by atoms with Crippen LogP contribution in [-0.2, 0) is 4.79 Å². The first kappa shape index (κ1) is 20.4. The third-order valence-corrected chi connectivity index (χ3v) is 5.88. The van der Waals surface area contributed by atoms with Crippen LogP contribution in [0.5, 0.6) is 5.75 Å². The summed E-state index contributed by atoms with van der Waals surface area (Å²) < 4.78 is 0. The van der Waals surface area contributed by atoms with E-state index in [0.29, 0.717) is 16.6 Å². The molecule has 1 aromatic carbocycles. The van der Waals surface area contributed by atoms with Crippen LogP contribution in [-0.4, -0.2) is 34.3 Å². The van der Waals surface area contributed by atoms with Crippen LogP contribution in [0.1, 0.15) is 25.3 Å². The van der Waals surface area contributed by atoms with Gasteiger partial charge in [0, 0.05) is 13.1 Å². The molecule has 7 nitrogen and oxygen atoms in total. The smallest absolute Gasteiger partial charge is 0.268 e. The van der Waals surface area contributed by atoms with Gasteiger partial charge in [0.15, 0.2) is 5.75 Å². The van der Waals surface area contributed by atoms with Gasteiger partial charge in [-0.2, -0.15) is 5.26 Å². The van der Waals surface area contributed by atoms with Crippen molar-refractivity contribution in [2.24, 2.45) is 5.92 Å². The van der Waals surface area contributed by atoms with Crippen LogP contribution >= 0.6 is 34.5 Å². The standard InChI is InChI=1S/C18H17Cl2N5O2S/c1-10-2-4-25(5-3-10)18-24-23-17(28-18)22-16(27)12(9-21)6-11-7-13(19)15(26)14(20)8-11/h6-8,10,26H,2-5H2,1H3,(H,22,23,27)/b12-6-. The molecule has 1 aliphatic rings. The number of phenolic OH excluding ortho intramolecular Hbond substituents is 1. The number of carbonyl (C=O) groups is 1. The van der Waals surface area contributed by atoms with E-state index < -0.39 is 5.91 Å². The first-order valence-corrected chi connectivity index (χ1v) is 10.1. The molecule has 0 radical (unpaired) electrons. The Kier molecular flexibility index (Phi) is 6.39. The molecule has 1 aliphatic heterocycles. The highest BCUT2D eigenvalue weighted by molar-refractivity contribution is 7.19. The fraction of sp³-hybridized carbons (Fsp3) is 0.333. The lowest BCUT2D eigenvalue weighted by molar-refractivity contribution is -0.112. The summed E-state index contributed by atoms with van der Waals surface area (Å²) in [6.07, 6.45) is 3.53. The molecule has 1 fully saturated rings. The molecule has 0 unspecified atom stereocenters. The van der Waals surface area contributed by atoms with E-state index in [2.05, 4.69) is 27.3 Å². The van der Waals surface area contributed by atoms with Gasteiger partial charge in [0.05, 0.1) is 10.0 Å². The lowest BCUT2D eigenvalue weighted by Gasteiger charge is -2.29. The van der Waals surface area contributed by atoms with Gasteiger partial charge < -0.3 is 10.0 Å². The third-order valence-electron chi connectivity index (χ3n) is 4.40. The summed E-state index contributed by atoms with van der Waals surface area (Å²) >= 11 is 13.0. The van der Waals surface area contributed by atoms with E-state index in [9.17, 15) is 15.2 Å². The number of piperidine rings is 1. The van der Waals surface area contributed by atoms with Crippen molar-refractivity contribution >= 4 is 56.8 Å². The van der Waals surface area contributed by atoms with Crippen molar-refractivity contribution in [3.05, 3.63) is 33.3 Å². The number of hydrogen-bond acceptors (Lipinski definition) is 7. The molecule has 146 valence electrons. The summed E-state index contributed by atoms with van der Waals surface area (Å²) in [5.74, 6) is -0.164. The van der Waals surface area contributed by atoms with Crippen molar-refractivity contribution in [1.29, 1.82) is 5.26 Å². The highest BCUT2D eigenvalue weighted by Gasteiger charge is 2.20. The molecule has 1 aromatic heterocycles. The van der Waals surface area contributed by atoms with E-state index in [1.165, 1.54) is 29.5 Å². The van der Waals surface area contributed by atoms with Crippen LogP contribution in [0, 0.1) is 17.2 Å². The topological polar surface area (TPSA) is 102 Å². The summed E-state index contributed by atoms with van der Waals surface area (Å²) in [6.45, 7) is 4.05. The van der Waals surface area contributed by atoms with Gasteiger partial charge in [-0.25, -0.2) is 0 Å². The molecule has 0 aliphatic carbocycles. The summed E-state index contributed by atoms with van der Waals surface area (Å²) in [7, 11) is 0. The maximum absolute atomic E-state index is 12.4. The highest BCUT2D eigenvalue weighted by Crippen LogP contribution is 2.33. The van der Waals surface area contributed by atoms with E-state index in [4.69, 9.17) is 23.2 Å². The van der Waals surface area contributed by atoms with Crippen molar-refractivity contribution < 1.29 is 9.90 Å². The Morgan fingerprint density at radius 2 is 2.00 bits per heavy atom. The quantitative estimate of drug-likeness (QED) is 0.544. The molecule has 0 atom stereocenters. The Labute approximate surface area is 176 Å². The molecule has 2 aromatic rings. The van der Waals surface area contributed by atoms with Gasteiger partial charge in [0.1, 0.15) is 11.6 Å². The molecule has 28 heavy (non-hydrogen) atoms. The number of hydrogen-bond donors (Lipinski definition) is 2. The third kappa shape index (κ3) is 4.73. The van der Waals surface area contributed by atoms with Crippen molar-refractivity contribution in [3.63, 3.8) is 0 Å². The molecule has 2 heterocycles. The number of anilines is 2. The molecular weight excluding hydrogens is 421 g/mol. The number of nitrogens with one attached hydrogen (secondary N) is 1. The van der Waals surface area contributed by atoms with Crippen molar-refractivity contribution in [2.45, 2.75) is 19.8 Å². The number of aromatic nitrogens is 2. The fourth-order valence-corrected chi connectivity index (χ4v) is 4.04. The summed E-state index contributed by atoms with van der Waals surface area (Å²) in [6, 6.07) is 4.67. The number of aromatic hydroxyl groups is 1. The lowest BCUT2D eigenvalue weighted by Crippen LogP contribution is -2.32. The summed E-state index contributed by atoms with van der Waals surface area (Å²) in [5.41, 5.74) is 0.265. The van der Waals surface area contributed by atoms with Crippen molar-refractivity contribution in [2.75, 3.05) is 23.3 Å². The second-order valence-corrected chi connectivity index (χ2v) is 8.29. The van der Waals surface area contributed by atoms with Crippen molar-refractivity contribution in [3.8, 4) is 11.8 Å². The van der Waals surface area contributed by atoms with Crippen LogP contribution in [0.2, 0.25) is 10.0 Å². The monoisotopic (exact) mass is 437 g/mol. The molecule has 1 saturated heterocycles. The van der Waals surface area contributed by atoms with E-state index in [1.807, 2.05) is 6.07 Å². The van der Waals surface area contributed by atoms with Crippen LogP contribution in [0.25, 0.3) is 6.08 Å².